The molecule has 1 amide bonds. The molecule has 3 rings (SSSR count). The Morgan fingerprint density at radius 3 is 2.59 bits per heavy atom. The SMILES string of the molecule is Cc1n[nH]c(C)c1C(O)=C1C(=O)C(=O)N(CCN(C)C)[C@@H]1c1ccccn1. The van der Waals surface area contributed by atoms with Crippen molar-refractivity contribution in [1.82, 2.24) is 25.0 Å². The first-order valence-corrected chi connectivity index (χ1v) is 8.69. The Hall–Kier alpha value is -3.00. The van der Waals surface area contributed by atoms with E-state index in [4.69, 9.17) is 0 Å². The van der Waals surface area contributed by atoms with Crippen molar-refractivity contribution in [3.8, 4) is 0 Å². The highest BCUT2D eigenvalue weighted by Crippen LogP contribution is 2.39. The molecule has 0 radical (unpaired) electrons. The molecule has 1 atom stereocenters. The van der Waals surface area contributed by atoms with E-state index in [-0.39, 0.29) is 11.3 Å². The minimum atomic E-state index is -0.736. The first kappa shape index (κ1) is 18.8. The summed E-state index contributed by atoms with van der Waals surface area (Å²) in [5.74, 6) is -1.56. The van der Waals surface area contributed by atoms with Crippen molar-refractivity contribution in [2.45, 2.75) is 19.9 Å². The molecule has 1 aliphatic rings. The van der Waals surface area contributed by atoms with Gasteiger partial charge in [0.15, 0.2) is 0 Å². The topological polar surface area (TPSA) is 102 Å². The van der Waals surface area contributed by atoms with Crippen LogP contribution in [0.5, 0.6) is 0 Å². The molecule has 0 spiro atoms. The van der Waals surface area contributed by atoms with Crippen LogP contribution >= 0.6 is 0 Å². The number of likely N-dealkylation sites (tertiary alicyclic amines) is 1. The summed E-state index contributed by atoms with van der Waals surface area (Å²) in [4.78, 5) is 33.3. The molecular formula is C19H23N5O3. The summed E-state index contributed by atoms with van der Waals surface area (Å²) in [5.41, 5.74) is 2.22. The van der Waals surface area contributed by atoms with Crippen molar-refractivity contribution in [3.05, 3.63) is 52.6 Å². The summed E-state index contributed by atoms with van der Waals surface area (Å²) >= 11 is 0. The average Bonchev–Trinajstić information content (AvgIpc) is 3.10. The highest BCUT2D eigenvalue weighted by molar-refractivity contribution is 6.46. The lowest BCUT2D eigenvalue weighted by atomic mass is 9.97. The van der Waals surface area contributed by atoms with Gasteiger partial charge in [-0.05, 0) is 40.1 Å². The van der Waals surface area contributed by atoms with Gasteiger partial charge in [0.05, 0.1) is 22.5 Å². The van der Waals surface area contributed by atoms with Gasteiger partial charge in [-0.25, -0.2) is 0 Å². The second-order valence-electron chi connectivity index (χ2n) is 6.86. The Morgan fingerprint density at radius 2 is 2.04 bits per heavy atom. The molecule has 2 N–H and O–H groups in total. The summed E-state index contributed by atoms with van der Waals surface area (Å²) in [6, 6.07) is 4.57. The third kappa shape index (κ3) is 3.35. The number of nitrogens with one attached hydrogen (secondary N) is 1. The number of aryl methyl sites for hydroxylation is 2. The maximum Gasteiger partial charge on any atom is 0.295 e. The largest absolute Gasteiger partial charge is 0.507 e. The van der Waals surface area contributed by atoms with Gasteiger partial charge < -0.3 is 14.9 Å². The first-order chi connectivity index (χ1) is 12.8. The zero-order valence-electron chi connectivity index (χ0n) is 15.9. The fraction of sp³-hybridized carbons (Fsp3) is 0.368. The minimum Gasteiger partial charge on any atom is -0.507 e. The van der Waals surface area contributed by atoms with Crippen LogP contribution in [-0.2, 0) is 9.59 Å². The number of carbonyl (C=O) groups excluding carboxylic acids is 2. The summed E-state index contributed by atoms with van der Waals surface area (Å²) in [6.07, 6.45) is 1.61. The molecule has 0 saturated carbocycles. The predicted molar refractivity (Wildman–Crippen MR) is 99.9 cm³/mol. The van der Waals surface area contributed by atoms with E-state index in [1.165, 1.54) is 4.90 Å². The third-order valence-corrected chi connectivity index (χ3v) is 4.66. The van der Waals surface area contributed by atoms with Gasteiger partial charge in [-0.1, -0.05) is 6.07 Å². The van der Waals surface area contributed by atoms with Gasteiger partial charge in [0.2, 0.25) is 0 Å². The number of hydrogen-bond acceptors (Lipinski definition) is 6. The zero-order chi connectivity index (χ0) is 19.7. The second-order valence-corrected chi connectivity index (χ2v) is 6.86. The van der Waals surface area contributed by atoms with Crippen LogP contribution in [0.3, 0.4) is 0 Å². The van der Waals surface area contributed by atoms with Crippen LogP contribution < -0.4 is 0 Å². The van der Waals surface area contributed by atoms with Crippen LogP contribution in [0.4, 0.5) is 0 Å². The van der Waals surface area contributed by atoms with Gasteiger partial charge in [0.25, 0.3) is 11.7 Å². The molecule has 8 nitrogen and oxygen atoms in total. The molecule has 1 aliphatic heterocycles. The number of Topliss-reactive ketones (excluding diaryl/α,β-unsaturated/α-hetero) is 1. The van der Waals surface area contributed by atoms with Crippen molar-refractivity contribution in [3.63, 3.8) is 0 Å². The third-order valence-electron chi connectivity index (χ3n) is 4.66. The number of aromatic nitrogens is 3. The average molecular weight is 369 g/mol. The monoisotopic (exact) mass is 369 g/mol. The molecule has 27 heavy (non-hydrogen) atoms. The van der Waals surface area contributed by atoms with Gasteiger partial charge >= 0.3 is 0 Å². The fourth-order valence-electron chi connectivity index (χ4n) is 3.30. The molecule has 0 bridgehead atoms. The summed E-state index contributed by atoms with van der Waals surface area (Å²) < 4.78 is 0. The van der Waals surface area contributed by atoms with E-state index in [0.29, 0.717) is 35.7 Å². The number of carbonyl (C=O) groups is 2. The van der Waals surface area contributed by atoms with Crippen LogP contribution in [0.15, 0.2) is 30.0 Å². The summed E-state index contributed by atoms with van der Waals surface area (Å²) in [5, 5.41) is 17.8. The molecule has 0 unspecified atom stereocenters. The van der Waals surface area contributed by atoms with E-state index in [2.05, 4.69) is 15.2 Å². The number of amides is 1. The van der Waals surface area contributed by atoms with Gasteiger partial charge in [-0.15, -0.1) is 0 Å². The Labute approximate surface area is 157 Å². The van der Waals surface area contributed by atoms with E-state index >= 15 is 0 Å². The first-order valence-electron chi connectivity index (χ1n) is 8.69. The van der Waals surface area contributed by atoms with E-state index in [0.717, 1.165) is 0 Å². The summed E-state index contributed by atoms with van der Waals surface area (Å²) in [6.45, 7) is 4.42. The number of H-pyrrole nitrogens is 1. The fourth-order valence-corrected chi connectivity index (χ4v) is 3.30. The molecule has 1 fully saturated rings. The van der Waals surface area contributed by atoms with Crippen molar-refractivity contribution in [2.24, 2.45) is 0 Å². The number of nitrogens with zero attached hydrogens (tertiary/aromatic N) is 4. The lowest BCUT2D eigenvalue weighted by Crippen LogP contribution is -2.35. The maximum atomic E-state index is 12.8. The number of rotatable bonds is 5. The van der Waals surface area contributed by atoms with Crippen LogP contribution in [0, 0.1) is 13.8 Å². The van der Waals surface area contributed by atoms with E-state index in [9.17, 15) is 14.7 Å². The Bertz CT molecular complexity index is 882. The Kier molecular flexibility index (Phi) is 5.09. The van der Waals surface area contributed by atoms with Gasteiger partial charge in [-0.3, -0.25) is 19.7 Å². The second kappa shape index (κ2) is 7.32. The molecule has 142 valence electrons. The molecule has 8 heteroatoms. The van der Waals surface area contributed by atoms with Crippen molar-refractivity contribution in [2.75, 3.05) is 27.2 Å². The molecule has 0 aliphatic carbocycles. The Morgan fingerprint density at radius 1 is 1.30 bits per heavy atom. The van der Waals surface area contributed by atoms with E-state index in [1.807, 2.05) is 19.0 Å². The van der Waals surface area contributed by atoms with Crippen LogP contribution in [0.25, 0.3) is 5.76 Å². The predicted octanol–water partition coefficient (Wildman–Crippen LogP) is 1.40. The normalized spacial score (nSPS) is 19.3. The lowest BCUT2D eigenvalue weighted by molar-refractivity contribution is -0.140. The standard InChI is InChI=1S/C19H23N5O3/c1-11-14(12(2)22-21-11)17(25)15-16(13-7-5-6-8-20-13)24(10-9-23(3)4)19(27)18(15)26/h5-8,16,25H,9-10H2,1-4H3,(H,21,22)/t16-/m1/s1. The highest BCUT2D eigenvalue weighted by atomic mass is 16.3. The highest BCUT2D eigenvalue weighted by Gasteiger charge is 2.46. The van der Waals surface area contributed by atoms with Crippen LogP contribution in [-0.4, -0.2) is 69.0 Å². The molecule has 2 aromatic heterocycles. The van der Waals surface area contributed by atoms with Gasteiger partial charge in [0.1, 0.15) is 11.8 Å². The van der Waals surface area contributed by atoms with Crippen LogP contribution in [0.2, 0.25) is 0 Å². The smallest absolute Gasteiger partial charge is 0.295 e. The molecule has 3 heterocycles. The van der Waals surface area contributed by atoms with Crippen molar-refractivity contribution >= 4 is 17.4 Å². The van der Waals surface area contributed by atoms with Gasteiger partial charge in [0, 0.05) is 25.0 Å². The lowest BCUT2D eigenvalue weighted by Gasteiger charge is -2.25. The number of aliphatic hydroxyl groups excluding tert-OH is 1. The number of hydrogen-bond donors (Lipinski definition) is 2. The Balaban J connectivity index is 2.17. The van der Waals surface area contributed by atoms with Gasteiger partial charge in [-0.2, -0.15) is 5.10 Å². The molecular weight excluding hydrogens is 346 g/mol. The molecule has 0 aromatic carbocycles. The van der Waals surface area contributed by atoms with Crippen LogP contribution in [0.1, 0.15) is 28.7 Å². The minimum absolute atomic E-state index is 0.0463. The maximum absolute atomic E-state index is 12.8. The number of likely N-dealkylation sites (N-methyl/N-ethyl adjacent to an activating group) is 1. The van der Waals surface area contributed by atoms with E-state index < -0.39 is 17.7 Å². The quantitative estimate of drug-likeness (QED) is 0.469. The number of aromatic amines is 1. The number of aliphatic hydroxyl groups is 1. The zero-order valence-corrected chi connectivity index (χ0v) is 15.9. The van der Waals surface area contributed by atoms with Crippen molar-refractivity contribution < 1.29 is 14.7 Å². The van der Waals surface area contributed by atoms with E-state index in [1.54, 1.807) is 38.2 Å². The van der Waals surface area contributed by atoms with Crippen molar-refractivity contribution in [1.29, 1.82) is 0 Å². The molecule has 1 saturated heterocycles. The molecule has 2 aromatic rings. The number of pyridine rings is 1. The summed E-state index contributed by atoms with van der Waals surface area (Å²) in [7, 11) is 3.79. The number of ketones is 1.